The first-order valence-corrected chi connectivity index (χ1v) is 7.18. The Bertz CT molecular complexity index is 510. The predicted octanol–water partition coefficient (Wildman–Crippen LogP) is 4.90. The van der Waals surface area contributed by atoms with Crippen LogP contribution in [0.25, 0.3) is 0 Å². The first kappa shape index (κ1) is 13.5. The van der Waals surface area contributed by atoms with Crippen molar-refractivity contribution in [3.63, 3.8) is 0 Å². The molecule has 0 fully saturated rings. The smallest absolute Gasteiger partial charge is 0.0406 e. The van der Waals surface area contributed by atoms with Crippen LogP contribution in [0.5, 0.6) is 0 Å². The molecule has 94 valence electrons. The van der Waals surface area contributed by atoms with E-state index < -0.39 is 0 Å². The molecule has 2 rings (SSSR count). The summed E-state index contributed by atoms with van der Waals surface area (Å²) >= 11 is 7.62. The highest BCUT2D eigenvalue weighted by Crippen LogP contribution is 2.33. The normalized spacial score (nSPS) is 12.4. The SMILES string of the molecule is CC[C@H](N)c1ccccc1Sc1ccc(Cl)cc1. The molecule has 0 aromatic heterocycles. The molecule has 2 N–H and O–H groups in total. The summed E-state index contributed by atoms with van der Waals surface area (Å²) in [4.78, 5) is 2.39. The lowest BCUT2D eigenvalue weighted by Crippen LogP contribution is -2.09. The van der Waals surface area contributed by atoms with E-state index in [-0.39, 0.29) is 6.04 Å². The Balaban J connectivity index is 2.26. The Kier molecular flexibility index (Phi) is 4.70. The maximum Gasteiger partial charge on any atom is 0.0406 e. The zero-order chi connectivity index (χ0) is 13.0. The van der Waals surface area contributed by atoms with Crippen molar-refractivity contribution in [1.82, 2.24) is 0 Å². The highest BCUT2D eigenvalue weighted by atomic mass is 35.5. The van der Waals surface area contributed by atoms with Crippen molar-refractivity contribution in [1.29, 1.82) is 0 Å². The Morgan fingerprint density at radius 2 is 1.78 bits per heavy atom. The summed E-state index contributed by atoms with van der Waals surface area (Å²) in [6, 6.07) is 16.3. The van der Waals surface area contributed by atoms with Crippen molar-refractivity contribution in [3.8, 4) is 0 Å². The van der Waals surface area contributed by atoms with Crippen molar-refractivity contribution < 1.29 is 0 Å². The van der Waals surface area contributed by atoms with E-state index in [1.54, 1.807) is 11.8 Å². The summed E-state index contributed by atoms with van der Waals surface area (Å²) in [6.45, 7) is 2.11. The van der Waals surface area contributed by atoms with Crippen LogP contribution < -0.4 is 5.73 Å². The summed E-state index contributed by atoms with van der Waals surface area (Å²) in [5, 5.41) is 0.762. The van der Waals surface area contributed by atoms with Crippen LogP contribution in [0.2, 0.25) is 5.02 Å². The number of hydrogen-bond donors (Lipinski definition) is 1. The van der Waals surface area contributed by atoms with Gasteiger partial charge in [0.1, 0.15) is 0 Å². The van der Waals surface area contributed by atoms with Gasteiger partial charge in [0, 0.05) is 20.9 Å². The third-order valence-corrected chi connectivity index (χ3v) is 4.15. The first-order chi connectivity index (χ1) is 8.70. The summed E-state index contributed by atoms with van der Waals surface area (Å²) in [5.74, 6) is 0. The predicted molar refractivity (Wildman–Crippen MR) is 79.2 cm³/mol. The third-order valence-electron chi connectivity index (χ3n) is 2.80. The van der Waals surface area contributed by atoms with Gasteiger partial charge >= 0.3 is 0 Å². The summed E-state index contributed by atoms with van der Waals surface area (Å²) in [6.07, 6.45) is 0.943. The van der Waals surface area contributed by atoms with Gasteiger partial charge in [-0.2, -0.15) is 0 Å². The minimum Gasteiger partial charge on any atom is -0.324 e. The fourth-order valence-corrected chi connectivity index (χ4v) is 2.87. The van der Waals surface area contributed by atoms with Crippen LogP contribution in [-0.2, 0) is 0 Å². The van der Waals surface area contributed by atoms with E-state index in [0.717, 1.165) is 11.4 Å². The second kappa shape index (κ2) is 6.28. The van der Waals surface area contributed by atoms with Gasteiger partial charge in [0.15, 0.2) is 0 Å². The van der Waals surface area contributed by atoms with E-state index in [1.807, 2.05) is 36.4 Å². The fraction of sp³-hybridized carbons (Fsp3) is 0.200. The Hall–Kier alpha value is -0.960. The Morgan fingerprint density at radius 1 is 1.11 bits per heavy atom. The lowest BCUT2D eigenvalue weighted by molar-refractivity contribution is 0.685. The number of rotatable bonds is 4. The summed E-state index contributed by atoms with van der Waals surface area (Å²) in [7, 11) is 0. The standard InChI is InChI=1S/C15H16ClNS/c1-2-14(17)13-5-3-4-6-15(13)18-12-9-7-11(16)8-10-12/h3-10,14H,2,17H2,1H3/t14-/m0/s1. The molecule has 0 aliphatic carbocycles. The van der Waals surface area contributed by atoms with Crippen molar-refractivity contribution in [2.24, 2.45) is 5.73 Å². The molecule has 0 saturated heterocycles. The summed E-state index contributed by atoms with van der Waals surface area (Å²) < 4.78 is 0. The Morgan fingerprint density at radius 3 is 2.44 bits per heavy atom. The summed E-state index contributed by atoms with van der Waals surface area (Å²) in [5.41, 5.74) is 7.35. The number of benzene rings is 2. The molecule has 0 radical (unpaired) electrons. The number of nitrogens with two attached hydrogens (primary N) is 1. The van der Waals surface area contributed by atoms with Crippen molar-refractivity contribution in [3.05, 3.63) is 59.1 Å². The second-order valence-corrected chi connectivity index (χ2v) is 5.66. The van der Waals surface area contributed by atoms with Crippen LogP contribution in [0.4, 0.5) is 0 Å². The number of halogens is 1. The Labute approximate surface area is 117 Å². The van der Waals surface area contributed by atoms with Gasteiger partial charge in [-0.3, -0.25) is 0 Å². The van der Waals surface area contributed by atoms with Crippen molar-refractivity contribution in [2.75, 3.05) is 0 Å². The largest absolute Gasteiger partial charge is 0.324 e. The minimum absolute atomic E-state index is 0.0981. The molecule has 0 spiro atoms. The molecule has 0 aliphatic rings. The van der Waals surface area contributed by atoms with Crippen LogP contribution in [0.1, 0.15) is 24.9 Å². The average molecular weight is 278 g/mol. The molecule has 0 saturated carbocycles. The molecule has 1 nitrogen and oxygen atoms in total. The van der Waals surface area contributed by atoms with E-state index in [0.29, 0.717) is 0 Å². The lowest BCUT2D eigenvalue weighted by atomic mass is 10.1. The topological polar surface area (TPSA) is 26.0 Å². The van der Waals surface area contributed by atoms with Crippen molar-refractivity contribution >= 4 is 23.4 Å². The molecular weight excluding hydrogens is 262 g/mol. The molecule has 0 aliphatic heterocycles. The zero-order valence-electron chi connectivity index (χ0n) is 10.3. The molecule has 3 heteroatoms. The van der Waals surface area contributed by atoms with E-state index >= 15 is 0 Å². The van der Waals surface area contributed by atoms with Gasteiger partial charge in [-0.15, -0.1) is 0 Å². The third kappa shape index (κ3) is 3.29. The van der Waals surface area contributed by atoms with Gasteiger partial charge < -0.3 is 5.73 Å². The molecular formula is C15H16ClNS. The van der Waals surface area contributed by atoms with Gasteiger partial charge in [-0.25, -0.2) is 0 Å². The fourth-order valence-electron chi connectivity index (χ4n) is 1.73. The van der Waals surface area contributed by atoms with E-state index in [4.69, 9.17) is 17.3 Å². The lowest BCUT2D eigenvalue weighted by Gasteiger charge is -2.14. The molecule has 0 amide bonds. The maximum atomic E-state index is 6.14. The molecule has 0 heterocycles. The molecule has 0 bridgehead atoms. The first-order valence-electron chi connectivity index (χ1n) is 5.98. The van der Waals surface area contributed by atoms with Gasteiger partial charge in [0.25, 0.3) is 0 Å². The molecule has 1 atom stereocenters. The highest BCUT2D eigenvalue weighted by molar-refractivity contribution is 7.99. The van der Waals surface area contributed by atoms with E-state index in [2.05, 4.69) is 19.1 Å². The van der Waals surface area contributed by atoms with E-state index in [9.17, 15) is 0 Å². The zero-order valence-corrected chi connectivity index (χ0v) is 11.8. The van der Waals surface area contributed by atoms with Crippen LogP contribution in [0, 0.1) is 0 Å². The number of hydrogen-bond acceptors (Lipinski definition) is 2. The molecule has 2 aromatic rings. The van der Waals surface area contributed by atoms with Crippen LogP contribution in [0.15, 0.2) is 58.3 Å². The quantitative estimate of drug-likeness (QED) is 0.860. The van der Waals surface area contributed by atoms with Crippen LogP contribution >= 0.6 is 23.4 Å². The van der Waals surface area contributed by atoms with E-state index in [1.165, 1.54) is 15.4 Å². The minimum atomic E-state index is 0.0981. The molecule has 0 unspecified atom stereocenters. The molecule has 18 heavy (non-hydrogen) atoms. The second-order valence-electron chi connectivity index (χ2n) is 4.11. The average Bonchev–Trinajstić information content (AvgIpc) is 2.41. The van der Waals surface area contributed by atoms with Gasteiger partial charge in [0.2, 0.25) is 0 Å². The van der Waals surface area contributed by atoms with Crippen molar-refractivity contribution in [2.45, 2.75) is 29.2 Å². The van der Waals surface area contributed by atoms with Gasteiger partial charge in [-0.1, -0.05) is 48.5 Å². The highest BCUT2D eigenvalue weighted by Gasteiger charge is 2.09. The maximum absolute atomic E-state index is 6.14. The van der Waals surface area contributed by atoms with Crippen LogP contribution in [-0.4, -0.2) is 0 Å². The van der Waals surface area contributed by atoms with Crippen LogP contribution in [0.3, 0.4) is 0 Å². The monoisotopic (exact) mass is 277 g/mol. The van der Waals surface area contributed by atoms with Gasteiger partial charge in [0.05, 0.1) is 0 Å². The molecule has 2 aromatic carbocycles. The van der Waals surface area contributed by atoms with Gasteiger partial charge in [-0.05, 0) is 42.3 Å².